The van der Waals surface area contributed by atoms with Crippen molar-refractivity contribution in [2.45, 2.75) is 51.4 Å². The van der Waals surface area contributed by atoms with E-state index in [9.17, 15) is 0 Å². The van der Waals surface area contributed by atoms with Crippen molar-refractivity contribution in [3.8, 4) is 22.3 Å². The predicted octanol–water partition coefficient (Wildman–Crippen LogP) is 15.5. The van der Waals surface area contributed by atoms with E-state index in [1.54, 1.807) is 0 Å². The Morgan fingerprint density at radius 3 is 1.55 bits per heavy atom. The molecule has 0 aliphatic heterocycles. The lowest BCUT2D eigenvalue weighted by Gasteiger charge is -2.42. The average molecular weight is 708 g/mol. The molecule has 0 radical (unpaired) electrons. The van der Waals surface area contributed by atoms with Gasteiger partial charge in [0.15, 0.2) is 0 Å². The highest BCUT2D eigenvalue weighted by atomic mass is 15.1. The quantitative estimate of drug-likeness (QED) is 0.161. The molecule has 1 nitrogen and oxygen atoms in total. The van der Waals surface area contributed by atoms with E-state index >= 15 is 0 Å². The third-order valence-electron chi connectivity index (χ3n) is 12.5. The van der Waals surface area contributed by atoms with Crippen molar-refractivity contribution in [3.05, 3.63) is 187 Å². The zero-order valence-electron chi connectivity index (χ0n) is 32.1. The van der Waals surface area contributed by atoms with Crippen LogP contribution in [0.1, 0.15) is 51.7 Å². The van der Waals surface area contributed by atoms with Crippen LogP contribution in [-0.4, -0.2) is 0 Å². The molecule has 0 saturated heterocycles. The molecule has 0 N–H and O–H groups in total. The van der Waals surface area contributed by atoms with Gasteiger partial charge in [-0.3, -0.25) is 0 Å². The summed E-state index contributed by atoms with van der Waals surface area (Å²) in [6.07, 6.45) is 2.42. The van der Waals surface area contributed by atoms with Gasteiger partial charge in [0.25, 0.3) is 0 Å². The fraction of sp³-hybridized carbons (Fsp3) is 0.148. The molecule has 266 valence electrons. The maximum absolute atomic E-state index is 2.51. The fourth-order valence-electron chi connectivity index (χ4n) is 9.32. The largest absolute Gasteiger partial charge is 0.310 e. The number of benzene rings is 9. The highest BCUT2D eigenvalue weighted by molar-refractivity contribution is 6.25. The molecule has 0 heterocycles. The van der Waals surface area contributed by atoms with Crippen LogP contribution in [0.25, 0.3) is 65.3 Å². The molecular formula is C54H45N. The minimum atomic E-state index is 0.152. The van der Waals surface area contributed by atoms with Gasteiger partial charge in [0.1, 0.15) is 0 Å². The zero-order chi connectivity index (χ0) is 37.3. The summed E-state index contributed by atoms with van der Waals surface area (Å²) in [5, 5.41) is 10.4. The minimum absolute atomic E-state index is 0.152. The Kier molecular flexibility index (Phi) is 7.72. The van der Waals surface area contributed by atoms with Crippen LogP contribution in [-0.2, 0) is 10.8 Å². The van der Waals surface area contributed by atoms with Crippen molar-refractivity contribution >= 4 is 60.2 Å². The topological polar surface area (TPSA) is 3.24 Å². The zero-order valence-corrected chi connectivity index (χ0v) is 32.1. The summed E-state index contributed by atoms with van der Waals surface area (Å²) in [6, 6.07) is 65.3. The van der Waals surface area contributed by atoms with Gasteiger partial charge >= 0.3 is 0 Å². The molecule has 0 aromatic heterocycles. The molecule has 0 bridgehead atoms. The number of para-hydroxylation sites is 1. The van der Waals surface area contributed by atoms with Crippen molar-refractivity contribution in [1.29, 1.82) is 0 Å². The molecular weight excluding hydrogens is 663 g/mol. The second kappa shape index (κ2) is 12.7. The van der Waals surface area contributed by atoms with Crippen LogP contribution < -0.4 is 4.90 Å². The van der Waals surface area contributed by atoms with E-state index in [0.717, 1.165) is 17.1 Å². The maximum atomic E-state index is 2.51. The molecule has 55 heavy (non-hydrogen) atoms. The first-order valence-electron chi connectivity index (χ1n) is 19.7. The first-order chi connectivity index (χ1) is 26.7. The predicted molar refractivity (Wildman–Crippen MR) is 237 cm³/mol. The number of hydrogen-bond donors (Lipinski definition) is 0. The van der Waals surface area contributed by atoms with E-state index < -0.39 is 0 Å². The lowest BCUT2D eigenvalue weighted by Crippen LogP contribution is -2.33. The van der Waals surface area contributed by atoms with E-state index in [0.29, 0.717) is 0 Å². The lowest BCUT2D eigenvalue weighted by atomic mass is 9.62. The van der Waals surface area contributed by atoms with Crippen molar-refractivity contribution < 1.29 is 0 Å². The standard InChI is InChI=1S/C54H45N/c1-53(2)30-31-54(3,4)52-35-49-39(34-51(52)53)15-13-23-43(49)38-14-12-18-42(32-38)55(40-16-6-5-7-17-40)41-27-24-36(25-28-41)37-26-29-48-46-21-9-8-19-44(46)45-20-10-11-22-47(45)50(48)33-37/h5-29,32-35H,30-31H2,1-4H3. The summed E-state index contributed by atoms with van der Waals surface area (Å²) in [5.41, 5.74) is 11.7. The average Bonchev–Trinajstić information content (AvgIpc) is 3.23. The summed E-state index contributed by atoms with van der Waals surface area (Å²) in [6.45, 7) is 9.66. The molecule has 10 rings (SSSR count). The lowest BCUT2D eigenvalue weighted by molar-refractivity contribution is 0.332. The molecule has 9 aromatic rings. The summed E-state index contributed by atoms with van der Waals surface area (Å²) in [5.74, 6) is 0. The Balaban J connectivity index is 1.06. The highest BCUT2D eigenvalue weighted by Gasteiger charge is 2.37. The van der Waals surface area contributed by atoms with E-state index in [2.05, 4.69) is 209 Å². The van der Waals surface area contributed by atoms with Gasteiger partial charge in [0.2, 0.25) is 0 Å². The minimum Gasteiger partial charge on any atom is -0.310 e. The van der Waals surface area contributed by atoms with E-state index in [1.165, 1.54) is 89.3 Å². The normalized spacial score (nSPS) is 14.7. The molecule has 0 amide bonds. The molecule has 0 unspecified atom stereocenters. The Morgan fingerprint density at radius 2 is 0.873 bits per heavy atom. The van der Waals surface area contributed by atoms with Gasteiger partial charge in [-0.25, -0.2) is 0 Å². The Morgan fingerprint density at radius 1 is 0.345 bits per heavy atom. The van der Waals surface area contributed by atoms with Crippen molar-refractivity contribution in [2.75, 3.05) is 4.90 Å². The summed E-state index contributed by atoms with van der Waals surface area (Å²) in [7, 11) is 0. The van der Waals surface area contributed by atoms with Crippen LogP contribution >= 0.6 is 0 Å². The van der Waals surface area contributed by atoms with Crippen LogP contribution in [0.5, 0.6) is 0 Å². The molecule has 1 aliphatic rings. The van der Waals surface area contributed by atoms with Gasteiger partial charge in [-0.15, -0.1) is 0 Å². The molecule has 9 aromatic carbocycles. The maximum Gasteiger partial charge on any atom is 0.0467 e. The molecule has 1 aliphatic carbocycles. The second-order valence-electron chi connectivity index (χ2n) is 16.8. The van der Waals surface area contributed by atoms with Crippen LogP contribution in [0.2, 0.25) is 0 Å². The molecule has 0 fully saturated rings. The third kappa shape index (κ3) is 5.61. The Labute approximate surface area is 324 Å². The van der Waals surface area contributed by atoms with Gasteiger partial charge < -0.3 is 4.90 Å². The van der Waals surface area contributed by atoms with Crippen molar-refractivity contribution in [3.63, 3.8) is 0 Å². The molecule has 0 saturated carbocycles. The van der Waals surface area contributed by atoms with Gasteiger partial charge in [-0.2, -0.15) is 0 Å². The monoisotopic (exact) mass is 707 g/mol. The number of nitrogens with zero attached hydrogens (tertiary/aromatic N) is 1. The van der Waals surface area contributed by atoms with Gasteiger partial charge in [0, 0.05) is 17.1 Å². The molecule has 0 atom stereocenters. The SMILES string of the molecule is CC1(C)CCC(C)(C)c2cc3c(-c4cccc(N(c5ccccc5)c5ccc(-c6ccc7c8ccccc8c8ccccc8c7c6)cc5)c4)cccc3cc21. The number of fused-ring (bicyclic) bond motifs is 8. The van der Waals surface area contributed by atoms with Crippen LogP contribution in [0.3, 0.4) is 0 Å². The Bertz CT molecular complexity index is 2880. The number of anilines is 3. The van der Waals surface area contributed by atoms with Crippen LogP contribution in [0, 0.1) is 0 Å². The smallest absolute Gasteiger partial charge is 0.0467 e. The highest BCUT2D eigenvalue weighted by Crippen LogP contribution is 2.48. The van der Waals surface area contributed by atoms with Gasteiger partial charge in [0.05, 0.1) is 0 Å². The van der Waals surface area contributed by atoms with Crippen LogP contribution in [0.15, 0.2) is 176 Å². The summed E-state index contributed by atoms with van der Waals surface area (Å²) in [4.78, 5) is 2.38. The summed E-state index contributed by atoms with van der Waals surface area (Å²) < 4.78 is 0. The van der Waals surface area contributed by atoms with E-state index in [-0.39, 0.29) is 10.8 Å². The van der Waals surface area contributed by atoms with Crippen molar-refractivity contribution in [1.82, 2.24) is 0 Å². The first-order valence-corrected chi connectivity index (χ1v) is 19.7. The van der Waals surface area contributed by atoms with Gasteiger partial charge in [-0.1, -0.05) is 155 Å². The van der Waals surface area contributed by atoms with Crippen molar-refractivity contribution in [2.24, 2.45) is 0 Å². The van der Waals surface area contributed by atoms with E-state index in [1.807, 2.05) is 0 Å². The third-order valence-corrected chi connectivity index (χ3v) is 12.5. The molecule has 1 heteroatoms. The van der Waals surface area contributed by atoms with Crippen LogP contribution in [0.4, 0.5) is 17.1 Å². The number of hydrogen-bond acceptors (Lipinski definition) is 1. The van der Waals surface area contributed by atoms with E-state index in [4.69, 9.17) is 0 Å². The van der Waals surface area contributed by atoms with Gasteiger partial charge in [-0.05, 0) is 149 Å². The fourth-order valence-corrected chi connectivity index (χ4v) is 9.32. The summed E-state index contributed by atoms with van der Waals surface area (Å²) >= 11 is 0. The molecule has 0 spiro atoms. The second-order valence-corrected chi connectivity index (χ2v) is 16.8. The number of rotatable bonds is 5. The first kappa shape index (κ1) is 33.4. The Hall–Kier alpha value is -6.18.